The standard InChI is InChI=1S/C39H54N4O7SSi2/c1-29-23-31(17-18-32(29)36-25-37(44)43(51(36,46)47)28-49-20-22-53(5,6)7)24-34(41-39(45)50-26-30-13-9-8-10-14-30)38-40-33-15-11-12-16-35(33)42(38)27-48-19-21-52(2,3)4/h8-18,23,34,36H,19-22,24-28H2,1-7H3,(H,41,45)/t34-,36+/m0/s1. The molecule has 53 heavy (non-hydrogen) atoms. The van der Waals surface area contributed by atoms with Crippen LogP contribution in [-0.4, -0.2) is 70.4 Å². The lowest BCUT2D eigenvalue weighted by Crippen LogP contribution is -2.33. The highest BCUT2D eigenvalue weighted by Gasteiger charge is 2.46. The Balaban J connectivity index is 1.39. The molecule has 5 rings (SSSR count). The van der Waals surface area contributed by atoms with Crippen molar-refractivity contribution in [2.45, 2.75) is 95.8 Å². The molecule has 0 unspecified atom stereocenters. The van der Waals surface area contributed by atoms with Crippen LogP contribution in [0.3, 0.4) is 0 Å². The topological polar surface area (TPSA) is 129 Å². The van der Waals surface area contributed by atoms with Gasteiger partial charge in [0.15, 0.2) is 0 Å². The predicted octanol–water partition coefficient (Wildman–Crippen LogP) is 7.78. The number of aromatic nitrogens is 2. The number of imidazole rings is 1. The molecule has 1 fully saturated rings. The van der Waals surface area contributed by atoms with E-state index in [1.807, 2.05) is 78.2 Å². The average Bonchev–Trinajstić information content (AvgIpc) is 3.56. The Morgan fingerprint density at radius 1 is 0.887 bits per heavy atom. The number of carbonyl (C=O) groups excluding carboxylic acids is 2. The van der Waals surface area contributed by atoms with E-state index in [2.05, 4.69) is 44.6 Å². The molecule has 11 nitrogen and oxygen atoms in total. The van der Waals surface area contributed by atoms with Gasteiger partial charge in [0, 0.05) is 35.8 Å². The maximum atomic E-state index is 13.6. The van der Waals surface area contributed by atoms with Crippen LogP contribution < -0.4 is 5.32 Å². The van der Waals surface area contributed by atoms with Crippen LogP contribution in [0.15, 0.2) is 72.8 Å². The second kappa shape index (κ2) is 17.1. The Kier molecular flexibility index (Phi) is 13.0. The van der Waals surface area contributed by atoms with E-state index in [0.29, 0.717) is 31.0 Å². The summed E-state index contributed by atoms with van der Waals surface area (Å²) < 4.78 is 47.6. The molecular formula is C39H54N4O7SSi2. The lowest BCUT2D eigenvalue weighted by Gasteiger charge is -2.22. The van der Waals surface area contributed by atoms with Gasteiger partial charge in [-0.25, -0.2) is 22.5 Å². The number of sulfonamides is 1. The third-order valence-electron chi connectivity index (χ3n) is 9.35. The largest absolute Gasteiger partial charge is 0.445 e. The van der Waals surface area contributed by atoms with Gasteiger partial charge in [-0.15, -0.1) is 0 Å². The number of benzene rings is 3. The van der Waals surface area contributed by atoms with Crippen molar-refractivity contribution >= 4 is 49.2 Å². The molecule has 2 atom stereocenters. The summed E-state index contributed by atoms with van der Waals surface area (Å²) in [4.78, 5) is 31.3. The van der Waals surface area contributed by atoms with E-state index >= 15 is 0 Å². The number of aryl methyl sites for hydroxylation is 1. The van der Waals surface area contributed by atoms with Crippen molar-refractivity contribution in [3.05, 3.63) is 101 Å². The highest BCUT2D eigenvalue weighted by molar-refractivity contribution is 7.90. The number of nitrogens with zero attached hydrogens (tertiary/aromatic N) is 3. The number of rotatable bonds is 17. The number of carbonyl (C=O) groups is 2. The summed E-state index contributed by atoms with van der Waals surface area (Å²) in [5.41, 5.74) is 4.69. The quantitative estimate of drug-likeness (QED) is 0.0851. The van der Waals surface area contributed by atoms with Crippen LogP contribution in [0, 0.1) is 6.92 Å². The first kappa shape index (κ1) is 40.4. The van der Waals surface area contributed by atoms with Gasteiger partial charge in [0.2, 0.25) is 15.9 Å². The zero-order valence-corrected chi connectivity index (χ0v) is 34.9. The minimum absolute atomic E-state index is 0.109. The number of fused-ring (bicyclic) bond motifs is 1. The molecule has 3 aromatic carbocycles. The Morgan fingerprint density at radius 2 is 1.53 bits per heavy atom. The summed E-state index contributed by atoms with van der Waals surface area (Å²) >= 11 is 0. The molecule has 0 saturated carbocycles. The van der Waals surface area contributed by atoms with Crippen molar-refractivity contribution in [3.63, 3.8) is 0 Å². The molecule has 0 spiro atoms. The molecular weight excluding hydrogens is 725 g/mol. The zero-order valence-electron chi connectivity index (χ0n) is 32.1. The Bertz CT molecular complexity index is 1990. The van der Waals surface area contributed by atoms with E-state index in [1.165, 1.54) is 0 Å². The highest BCUT2D eigenvalue weighted by Crippen LogP contribution is 2.38. The molecule has 0 radical (unpaired) electrons. The van der Waals surface area contributed by atoms with Crippen LogP contribution in [0.4, 0.5) is 4.79 Å². The first-order valence-corrected chi connectivity index (χ1v) is 27.2. The molecule has 1 aromatic heterocycles. The third kappa shape index (κ3) is 10.9. The van der Waals surface area contributed by atoms with Crippen LogP contribution in [-0.2, 0) is 48.8 Å². The van der Waals surface area contributed by atoms with Gasteiger partial charge in [-0.3, -0.25) is 4.79 Å². The fraction of sp³-hybridized carbons (Fsp3) is 0.462. The van der Waals surface area contributed by atoms with E-state index in [1.54, 1.807) is 6.07 Å². The van der Waals surface area contributed by atoms with Gasteiger partial charge < -0.3 is 24.1 Å². The first-order valence-electron chi connectivity index (χ1n) is 18.2. The number of amides is 2. The summed E-state index contributed by atoms with van der Waals surface area (Å²) in [6.45, 7) is 16.6. The van der Waals surface area contributed by atoms with Crippen LogP contribution in [0.25, 0.3) is 11.0 Å². The highest BCUT2D eigenvalue weighted by atomic mass is 32.2. The maximum Gasteiger partial charge on any atom is 0.408 e. The zero-order chi connectivity index (χ0) is 38.4. The van der Waals surface area contributed by atoms with Crippen molar-refractivity contribution in [3.8, 4) is 0 Å². The minimum Gasteiger partial charge on any atom is -0.445 e. The van der Waals surface area contributed by atoms with Gasteiger partial charge in [0.05, 0.1) is 23.5 Å². The second-order valence-corrected chi connectivity index (χ2v) is 29.5. The molecule has 14 heteroatoms. The normalized spacial score (nSPS) is 16.6. The molecule has 1 N–H and O–H groups in total. The number of para-hydroxylation sites is 2. The number of hydrogen-bond acceptors (Lipinski definition) is 8. The van der Waals surface area contributed by atoms with E-state index < -0.39 is 49.5 Å². The predicted molar refractivity (Wildman–Crippen MR) is 213 cm³/mol. The van der Waals surface area contributed by atoms with Crippen molar-refractivity contribution in [1.82, 2.24) is 19.2 Å². The lowest BCUT2D eigenvalue weighted by molar-refractivity contribution is -0.128. The maximum absolute atomic E-state index is 13.6. The molecule has 286 valence electrons. The van der Waals surface area contributed by atoms with E-state index in [-0.39, 0.29) is 26.5 Å². The molecule has 0 aliphatic carbocycles. The van der Waals surface area contributed by atoms with Gasteiger partial charge in [-0.2, -0.15) is 0 Å². The summed E-state index contributed by atoms with van der Waals surface area (Å²) in [6, 6.07) is 24.1. The second-order valence-electron chi connectivity index (χ2n) is 16.2. The summed E-state index contributed by atoms with van der Waals surface area (Å²) in [5.74, 6) is 0.155. The number of nitrogens with one attached hydrogen (secondary N) is 1. The summed E-state index contributed by atoms with van der Waals surface area (Å²) in [5, 5.41) is 2.07. The van der Waals surface area contributed by atoms with Crippen molar-refractivity contribution in [2.24, 2.45) is 0 Å². The van der Waals surface area contributed by atoms with Crippen molar-refractivity contribution in [2.75, 3.05) is 19.9 Å². The SMILES string of the molecule is Cc1cc(C[C@H](NC(=O)OCc2ccccc2)c2nc3ccccc3n2COCC[Si](C)(C)C)ccc1[C@H]1CC(=O)N(COCC[Si](C)(C)C)S1(=O)=O. The number of alkyl carbamates (subject to hydrolysis) is 1. The van der Waals surface area contributed by atoms with Gasteiger partial charge in [0.25, 0.3) is 0 Å². The fourth-order valence-electron chi connectivity index (χ4n) is 6.21. The first-order chi connectivity index (χ1) is 25.0. The molecule has 1 saturated heterocycles. The Hall–Kier alpha value is -3.83. The summed E-state index contributed by atoms with van der Waals surface area (Å²) in [7, 11) is -6.65. The van der Waals surface area contributed by atoms with E-state index in [4.69, 9.17) is 19.2 Å². The van der Waals surface area contributed by atoms with Gasteiger partial charge >= 0.3 is 6.09 Å². The molecule has 0 bridgehead atoms. The minimum atomic E-state index is -3.96. The summed E-state index contributed by atoms with van der Waals surface area (Å²) in [6.07, 6.45) is -0.389. The smallest absolute Gasteiger partial charge is 0.408 e. The van der Waals surface area contributed by atoms with Crippen LogP contribution in [0.1, 0.15) is 45.8 Å². The van der Waals surface area contributed by atoms with Crippen LogP contribution >= 0.6 is 0 Å². The van der Waals surface area contributed by atoms with Crippen LogP contribution in [0.2, 0.25) is 51.4 Å². The monoisotopic (exact) mass is 778 g/mol. The van der Waals surface area contributed by atoms with E-state index in [0.717, 1.165) is 44.1 Å². The molecule has 2 amide bonds. The van der Waals surface area contributed by atoms with Crippen molar-refractivity contribution < 1.29 is 32.2 Å². The third-order valence-corrected chi connectivity index (χ3v) is 14.8. The number of ether oxygens (including phenoxy) is 3. The molecule has 1 aliphatic heterocycles. The average molecular weight is 779 g/mol. The van der Waals surface area contributed by atoms with Gasteiger partial charge in [0.1, 0.15) is 31.1 Å². The Labute approximate surface area is 316 Å². The van der Waals surface area contributed by atoms with Gasteiger partial charge in [-0.05, 0) is 53.4 Å². The van der Waals surface area contributed by atoms with E-state index in [9.17, 15) is 18.0 Å². The van der Waals surface area contributed by atoms with Gasteiger partial charge in [-0.1, -0.05) is 99.9 Å². The fourth-order valence-corrected chi connectivity index (χ4v) is 9.55. The number of hydrogen-bond donors (Lipinski definition) is 1. The molecule has 1 aliphatic rings. The van der Waals surface area contributed by atoms with Crippen LogP contribution in [0.5, 0.6) is 0 Å². The van der Waals surface area contributed by atoms with Crippen molar-refractivity contribution in [1.29, 1.82) is 0 Å². The molecule has 4 aromatic rings. The molecule has 2 heterocycles. The Morgan fingerprint density at radius 3 is 2.19 bits per heavy atom. The lowest BCUT2D eigenvalue weighted by atomic mass is 9.97.